The molecule has 172 valence electrons. The van der Waals surface area contributed by atoms with Crippen molar-refractivity contribution in [2.75, 3.05) is 0 Å². The molecule has 0 aliphatic carbocycles. The third-order valence-electron chi connectivity index (χ3n) is 5.68. The van der Waals surface area contributed by atoms with Crippen LogP contribution in [-0.4, -0.2) is 46.4 Å². The smallest absolute Gasteiger partial charge is 0.342 e. The number of rotatable bonds is 7. The maximum absolute atomic E-state index is 12.9. The minimum Gasteiger partial charge on any atom is -0.507 e. The predicted molar refractivity (Wildman–Crippen MR) is 121 cm³/mol. The van der Waals surface area contributed by atoms with Crippen molar-refractivity contribution in [2.24, 2.45) is 0 Å². The molecule has 2 aliphatic rings. The summed E-state index contributed by atoms with van der Waals surface area (Å²) in [5.74, 6) is -0.686. The highest BCUT2D eigenvalue weighted by Crippen LogP contribution is 2.32. The second kappa shape index (κ2) is 11.8. The average Bonchev–Trinajstić information content (AvgIpc) is 2.73. The summed E-state index contributed by atoms with van der Waals surface area (Å²) >= 11 is 0. The van der Waals surface area contributed by atoms with Gasteiger partial charge in [-0.25, -0.2) is 4.79 Å². The van der Waals surface area contributed by atoms with Gasteiger partial charge in [0.25, 0.3) is 0 Å². The number of ether oxygens (including phenoxy) is 2. The standard InChI is InChI=1S/C26H32O6/c1-2-3-4-5-10-19(27)11-6-7-12-21-17-23-16-20(28)15-22(31-23)14-18-9-8-13-24(29)25(18)26(30)32-21/h3-10,13,20-23,28-29H,2,11-12,14-17H2,1H3/b4-3-,7-6+,10-5-. The first-order valence-electron chi connectivity index (χ1n) is 11.3. The Balaban J connectivity index is 1.70. The van der Waals surface area contributed by atoms with Crippen LogP contribution in [0.4, 0.5) is 0 Å². The number of cyclic esters (lactones) is 1. The Kier molecular flexibility index (Phi) is 8.82. The van der Waals surface area contributed by atoms with Crippen LogP contribution >= 0.6 is 0 Å². The van der Waals surface area contributed by atoms with Gasteiger partial charge in [-0.3, -0.25) is 4.79 Å². The van der Waals surface area contributed by atoms with Crippen molar-refractivity contribution < 1.29 is 29.3 Å². The molecule has 1 saturated heterocycles. The number of hydrogen-bond acceptors (Lipinski definition) is 6. The predicted octanol–water partition coefficient (Wildman–Crippen LogP) is 4.20. The molecule has 2 heterocycles. The Morgan fingerprint density at radius 2 is 1.94 bits per heavy atom. The van der Waals surface area contributed by atoms with Crippen LogP contribution in [0.1, 0.15) is 61.4 Å². The summed E-state index contributed by atoms with van der Waals surface area (Å²) in [6.07, 6.45) is 12.8. The molecule has 0 aromatic heterocycles. The summed E-state index contributed by atoms with van der Waals surface area (Å²) in [5, 5.41) is 20.6. The van der Waals surface area contributed by atoms with E-state index in [9.17, 15) is 19.8 Å². The number of fused-ring (bicyclic) bond motifs is 3. The fraction of sp³-hybridized carbons (Fsp3) is 0.462. The normalized spacial score (nSPS) is 26.4. The maximum atomic E-state index is 12.9. The van der Waals surface area contributed by atoms with Crippen molar-refractivity contribution in [3.8, 4) is 5.75 Å². The van der Waals surface area contributed by atoms with Gasteiger partial charge in [-0.15, -0.1) is 0 Å². The number of phenols is 1. The summed E-state index contributed by atoms with van der Waals surface area (Å²) < 4.78 is 11.9. The number of aromatic hydroxyl groups is 1. The molecule has 3 rings (SSSR count). The van der Waals surface area contributed by atoms with E-state index in [0.717, 1.165) is 6.42 Å². The van der Waals surface area contributed by atoms with Crippen LogP contribution in [-0.2, 0) is 20.7 Å². The lowest BCUT2D eigenvalue weighted by Crippen LogP contribution is -2.40. The van der Waals surface area contributed by atoms with Crippen molar-refractivity contribution in [3.05, 3.63) is 65.8 Å². The molecular weight excluding hydrogens is 408 g/mol. The lowest BCUT2D eigenvalue weighted by Gasteiger charge is -2.36. The molecule has 32 heavy (non-hydrogen) atoms. The molecule has 0 saturated carbocycles. The van der Waals surface area contributed by atoms with Gasteiger partial charge in [-0.05, 0) is 43.4 Å². The largest absolute Gasteiger partial charge is 0.507 e. The number of hydrogen-bond donors (Lipinski definition) is 2. The van der Waals surface area contributed by atoms with Crippen molar-refractivity contribution in [1.82, 2.24) is 0 Å². The summed E-state index contributed by atoms with van der Waals surface area (Å²) in [7, 11) is 0. The van der Waals surface area contributed by atoms with Crippen LogP contribution in [0.3, 0.4) is 0 Å². The van der Waals surface area contributed by atoms with E-state index in [-0.39, 0.29) is 35.7 Å². The zero-order valence-corrected chi connectivity index (χ0v) is 18.5. The number of ketones is 1. The average molecular weight is 441 g/mol. The first kappa shape index (κ1) is 24.0. The Bertz CT molecular complexity index is 884. The fourth-order valence-electron chi connectivity index (χ4n) is 4.20. The third kappa shape index (κ3) is 6.90. The molecule has 1 fully saturated rings. The molecule has 6 heteroatoms. The van der Waals surface area contributed by atoms with Gasteiger partial charge in [0.1, 0.15) is 17.4 Å². The van der Waals surface area contributed by atoms with Crippen molar-refractivity contribution >= 4 is 11.8 Å². The lowest BCUT2D eigenvalue weighted by molar-refractivity contribution is -0.114. The number of carbonyl (C=O) groups excluding carboxylic acids is 2. The number of phenolic OH excluding ortho intramolecular Hbond substituents is 1. The van der Waals surface area contributed by atoms with E-state index in [0.29, 0.717) is 37.7 Å². The molecule has 2 aliphatic heterocycles. The van der Waals surface area contributed by atoms with Crippen molar-refractivity contribution in [1.29, 1.82) is 0 Å². The van der Waals surface area contributed by atoms with Gasteiger partial charge in [0.2, 0.25) is 0 Å². The number of carbonyl (C=O) groups is 2. The van der Waals surface area contributed by atoms with E-state index < -0.39 is 18.2 Å². The molecule has 0 radical (unpaired) electrons. The molecule has 4 atom stereocenters. The first-order valence-corrected chi connectivity index (χ1v) is 11.3. The molecule has 1 aromatic carbocycles. The quantitative estimate of drug-likeness (QED) is 0.286. The second-order valence-corrected chi connectivity index (χ2v) is 8.36. The highest BCUT2D eigenvalue weighted by Gasteiger charge is 2.34. The number of esters is 1. The molecule has 2 N–H and O–H groups in total. The van der Waals surface area contributed by atoms with Gasteiger partial charge in [0.15, 0.2) is 5.78 Å². The van der Waals surface area contributed by atoms with E-state index in [2.05, 4.69) is 0 Å². The Hall–Kier alpha value is -2.70. The lowest BCUT2D eigenvalue weighted by atomic mass is 9.91. The molecule has 1 aromatic rings. The van der Waals surface area contributed by atoms with E-state index >= 15 is 0 Å². The molecular formula is C26H32O6. The number of aliphatic hydroxyl groups excluding tert-OH is 1. The topological polar surface area (TPSA) is 93.1 Å². The molecule has 4 unspecified atom stereocenters. The molecule has 0 amide bonds. The van der Waals surface area contributed by atoms with E-state index in [1.54, 1.807) is 24.3 Å². The minimum atomic E-state index is -0.557. The van der Waals surface area contributed by atoms with E-state index in [4.69, 9.17) is 9.47 Å². The summed E-state index contributed by atoms with van der Waals surface area (Å²) in [6, 6.07) is 4.93. The fourth-order valence-corrected chi connectivity index (χ4v) is 4.20. The highest BCUT2D eigenvalue weighted by molar-refractivity contribution is 5.94. The maximum Gasteiger partial charge on any atom is 0.342 e. The Morgan fingerprint density at radius 3 is 2.75 bits per heavy atom. The van der Waals surface area contributed by atoms with Crippen LogP contribution in [0.2, 0.25) is 0 Å². The van der Waals surface area contributed by atoms with Gasteiger partial charge in [0, 0.05) is 19.3 Å². The molecule has 6 nitrogen and oxygen atoms in total. The van der Waals surface area contributed by atoms with Crippen LogP contribution in [0.25, 0.3) is 0 Å². The van der Waals surface area contributed by atoms with Crippen molar-refractivity contribution in [3.63, 3.8) is 0 Å². The molecule has 0 spiro atoms. The second-order valence-electron chi connectivity index (χ2n) is 8.36. The summed E-state index contributed by atoms with van der Waals surface area (Å²) in [5.41, 5.74) is 0.808. The van der Waals surface area contributed by atoms with Gasteiger partial charge < -0.3 is 19.7 Å². The first-order chi connectivity index (χ1) is 15.5. The minimum absolute atomic E-state index is 0.00891. The van der Waals surface area contributed by atoms with E-state index in [1.165, 1.54) is 12.1 Å². The zero-order valence-electron chi connectivity index (χ0n) is 18.5. The number of benzene rings is 1. The van der Waals surface area contributed by atoms with Crippen molar-refractivity contribution in [2.45, 2.75) is 76.3 Å². The van der Waals surface area contributed by atoms with Crippen LogP contribution in [0.15, 0.2) is 54.7 Å². The van der Waals surface area contributed by atoms with Crippen LogP contribution in [0.5, 0.6) is 5.75 Å². The van der Waals surface area contributed by atoms with Gasteiger partial charge in [-0.2, -0.15) is 0 Å². The van der Waals surface area contributed by atoms with Gasteiger partial charge >= 0.3 is 5.97 Å². The SMILES string of the molecule is CC/C=C\C=C/C(=O)C/C=C/CC1CC2CC(O)CC(Cc3cccc(O)c3C(=O)O1)O2. The summed E-state index contributed by atoms with van der Waals surface area (Å²) in [6.45, 7) is 2.03. The Morgan fingerprint density at radius 1 is 1.12 bits per heavy atom. The van der Waals surface area contributed by atoms with Gasteiger partial charge in [-0.1, -0.05) is 49.4 Å². The number of aliphatic hydroxyl groups is 1. The number of allylic oxidation sites excluding steroid dienone is 5. The monoisotopic (exact) mass is 440 g/mol. The molecule has 2 bridgehead atoms. The zero-order chi connectivity index (χ0) is 22.9. The highest BCUT2D eigenvalue weighted by atomic mass is 16.5. The Labute approximate surface area is 189 Å². The van der Waals surface area contributed by atoms with Crippen LogP contribution in [0, 0.1) is 0 Å². The third-order valence-corrected chi connectivity index (χ3v) is 5.68. The van der Waals surface area contributed by atoms with Gasteiger partial charge in [0.05, 0.1) is 18.3 Å². The summed E-state index contributed by atoms with van der Waals surface area (Å²) in [4.78, 5) is 24.8. The van der Waals surface area contributed by atoms with Crippen LogP contribution < -0.4 is 0 Å². The van der Waals surface area contributed by atoms with E-state index in [1.807, 2.05) is 25.2 Å².